The van der Waals surface area contributed by atoms with Crippen molar-refractivity contribution in [3.63, 3.8) is 0 Å². The number of hydrogen-bond donors (Lipinski definition) is 2. The second-order valence-electron chi connectivity index (χ2n) is 9.75. The summed E-state index contributed by atoms with van der Waals surface area (Å²) in [7, 11) is 1.52. The van der Waals surface area contributed by atoms with Gasteiger partial charge in [0.25, 0.3) is 5.91 Å². The van der Waals surface area contributed by atoms with E-state index in [2.05, 4.69) is 10.6 Å². The Balaban J connectivity index is 1.56. The molecule has 0 saturated carbocycles. The molecule has 0 spiro atoms. The number of carbonyl (C=O) groups excluding carboxylic acids is 1. The predicted molar refractivity (Wildman–Crippen MR) is 152 cm³/mol. The largest absolute Gasteiger partial charge is 0.495 e. The lowest BCUT2D eigenvalue weighted by molar-refractivity contribution is 0.0769. The molecule has 37 heavy (non-hydrogen) atoms. The van der Waals surface area contributed by atoms with Crippen molar-refractivity contribution in [2.24, 2.45) is 12.0 Å². The minimum atomic E-state index is -2.10. The van der Waals surface area contributed by atoms with Crippen LogP contribution in [0.2, 0.25) is 0 Å². The molecular formula is C28H36N5O3P. The van der Waals surface area contributed by atoms with E-state index in [1.54, 1.807) is 12.0 Å². The minimum Gasteiger partial charge on any atom is -0.495 e. The Morgan fingerprint density at radius 1 is 1.11 bits per heavy atom. The number of carbonyl (C=O) groups is 1. The van der Waals surface area contributed by atoms with E-state index < -0.39 is 7.14 Å². The average Bonchev–Trinajstić information content (AvgIpc) is 3.30. The summed E-state index contributed by atoms with van der Waals surface area (Å²) in [5.41, 5.74) is 4.26. The van der Waals surface area contributed by atoms with Crippen LogP contribution in [0.1, 0.15) is 28.5 Å². The number of aromatic nitrogens is 1. The monoisotopic (exact) mass is 521 g/mol. The van der Waals surface area contributed by atoms with Crippen LogP contribution < -0.4 is 15.4 Å². The van der Waals surface area contributed by atoms with E-state index >= 15 is 0 Å². The van der Waals surface area contributed by atoms with Crippen LogP contribution >= 0.6 is 7.14 Å². The molecule has 2 N–H and O–H groups in total. The van der Waals surface area contributed by atoms with Gasteiger partial charge in [-0.15, -0.1) is 0 Å². The highest BCUT2D eigenvalue weighted by Crippen LogP contribution is 2.43. The third-order valence-corrected chi connectivity index (χ3v) is 8.87. The number of rotatable bonds is 7. The molecular weight excluding hydrogens is 485 g/mol. The van der Waals surface area contributed by atoms with Crippen LogP contribution in [0.15, 0.2) is 65.8 Å². The second-order valence-corrected chi connectivity index (χ2v) is 13.2. The van der Waals surface area contributed by atoms with Gasteiger partial charge in [-0.25, -0.2) is 4.99 Å². The lowest BCUT2D eigenvalue weighted by Crippen LogP contribution is -2.39. The van der Waals surface area contributed by atoms with Crippen molar-refractivity contribution >= 4 is 30.3 Å². The van der Waals surface area contributed by atoms with Crippen LogP contribution in [0.3, 0.4) is 0 Å². The summed E-state index contributed by atoms with van der Waals surface area (Å²) in [5, 5.41) is 6.85. The summed E-state index contributed by atoms with van der Waals surface area (Å²) in [5.74, 6) is 1.40. The SMILES string of the molecule is COc1cc(C)ccc1NC(C)/N=C(/Nc1cccc(C(=O)N2CCP(C)(=O)CC2)c1)c1cccn1C. The van der Waals surface area contributed by atoms with Crippen LogP contribution in [-0.4, -0.2) is 66.6 Å². The Morgan fingerprint density at radius 3 is 2.54 bits per heavy atom. The van der Waals surface area contributed by atoms with E-state index in [1.807, 2.05) is 92.9 Å². The number of anilines is 2. The Kier molecular flexibility index (Phi) is 8.08. The van der Waals surface area contributed by atoms with Crippen LogP contribution in [0.5, 0.6) is 5.75 Å². The molecule has 8 nitrogen and oxygen atoms in total. The van der Waals surface area contributed by atoms with E-state index in [0.717, 1.165) is 28.4 Å². The number of hydrogen-bond acceptors (Lipinski definition) is 5. The molecule has 2 aromatic carbocycles. The maximum atomic E-state index is 13.1. The van der Waals surface area contributed by atoms with Crippen LogP contribution in [-0.2, 0) is 11.6 Å². The maximum Gasteiger partial charge on any atom is 0.253 e. The van der Waals surface area contributed by atoms with Gasteiger partial charge in [0.1, 0.15) is 11.9 Å². The molecule has 1 aliphatic heterocycles. The molecule has 2 heterocycles. The van der Waals surface area contributed by atoms with Crippen molar-refractivity contribution in [2.45, 2.75) is 20.0 Å². The fourth-order valence-electron chi connectivity index (χ4n) is 4.38. The van der Waals surface area contributed by atoms with Crippen molar-refractivity contribution in [3.8, 4) is 5.75 Å². The molecule has 1 atom stereocenters. The number of nitrogens with zero attached hydrogens (tertiary/aromatic N) is 3. The van der Waals surface area contributed by atoms with Gasteiger partial charge in [0.05, 0.1) is 25.6 Å². The maximum absolute atomic E-state index is 13.1. The predicted octanol–water partition coefficient (Wildman–Crippen LogP) is 5.11. The highest BCUT2D eigenvalue weighted by molar-refractivity contribution is 7.63. The highest BCUT2D eigenvalue weighted by Gasteiger charge is 2.27. The summed E-state index contributed by atoms with van der Waals surface area (Å²) >= 11 is 0. The van der Waals surface area contributed by atoms with Crippen LogP contribution in [0.25, 0.3) is 0 Å². The fraction of sp³-hybridized carbons (Fsp3) is 0.357. The Hall–Kier alpha value is -3.51. The first kappa shape index (κ1) is 26.6. The van der Waals surface area contributed by atoms with Gasteiger partial charge in [-0.1, -0.05) is 12.1 Å². The first-order valence-electron chi connectivity index (χ1n) is 12.5. The topological polar surface area (TPSA) is 88.0 Å². The lowest BCUT2D eigenvalue weighted by Gasteiger charge is -2.30. The van der Waals surface area contributed by atoms with Crippen molar-refractivity contribution in [2.75, 3.05) is 49.8 Å². The number of aliphatic imine (C=N–C) groups is 1. The van der Waals surface area contributed by atoms with Crippen molar-refractivity contribution in [3.05, 3.63) is 77.6 Å². The molecule has 1 amide bonds. The minimum absolute atomic E-state index is 0.0396. The summed E-state index contributed by atoms with van der Waals surface area (Å²) in [6.07, 6.45) is 2.86. The van der Waals surface area contributed by atoms with Gasteiger partial charge >= 0.3 is 0 Å². The van der Waals surface area contributed by atoms with E-state index in [4.69, 9.17) is 9.73 Å². The average molecular weight is 522 g/mol. The molecule has 0 bridgehead atoms. The van der Waals surface area contributed by atoms with E-state index in [9.17, 15) is 9.36 Å². The van der Waals surface area contributed by atoms with Gasteiger partial charge in [-0.3, -0.25) is 4.79 Å². The van der Waals surface area contributed by atoms with Gasteiger partial charge in [-0.2, -0.15) is 0 Å². The standard InChI is InChI=1S/C28H36N5O3P/c1-20-11-12-24(26(18-20)36-4)29-21(2)30-27(25-10-7-13-32(25)3)31-23-9-6-8-22(19-23)28(34)33-14-16-37(5,35)17-15-33/h6-13,18-19,21,29H,14-17H2,1-5H3,(H,30,31). The van der Waals surface area contributed by atoms with Gasteiger partial charge < -0.3 is 29.4 Å². The Labute approximate surface area is 219 Å². The van der Waals surface area contributed by atoms with Gasteiger partial charge in [-0.05, 0) is 68.5 Å². The van der Waals surface area contributed by atoms with Gasteiger partial charge in [0, 0.05) is 49.9 Å². The van der Waals surface area contributed by atoms with Crippen molar-refractivity contribution in [1.29, 1.82) is 0 Å². The first-order chi connectivity index (χ1) is 17.6. The summed E-state index contributed by atoms with van der Waals surface area (Å²) in [6, 6.07) is 17.4. The van der Waals surface area contributed by atoms with E-state index in [1.165, 1.54) is 0 Å². The first-order valence-corrected chi connectivity index (χ1v) is 15.0. The molecule has 3 aromatic rings. The molecule has 1 saturated heterocycles. The number of amidine groups is 1. The van der Waals surface area contributed by atoms with Crippen LogP contribution in [0, 0.1) is 6.92 Å². The van der Waals surface area contributed by atoms with E-state index in [-0.39, 0.29) is 12.1 Å². The highest BCUT2D eigenvalue weighted by atomic mass is 31.2. The normalized spacial score (nSPS) is 16.2. The number of methoxy groups -OCH3 is 1. The third kappa shape index (κ3) is 6.63. The molecule has 4 rings (SSSR count). The molecule has 1 unspecified atom stereocenters. The fourth-order valence-corrected chi connectivity index (χ4v) is 5.93. The Bertz CT molecular complexity index is 1340. The number of nitrogens with one attached hydrogen (secondary N) is 2. The molecule has 1 aliphatic rings. The molecule has 9 heteroatoms. The van der Waals surface area contributed by atoms with E-state index in [0.29, 0.717) is 36.8 Å². The molecule has 0 radical (unpaired) electrons. The molecule has 1 aromatic heterocycles. The number of benzene rings is 2. The third-order valence-electron chi connectivity index (χ3n) is 6.58. The zero-order valence-corrected chi connectivity index (χ0v) is 23.1. The van der Waals surface area contributed by atoms with Gasteiger partial charge in [0.15, 0.2) is 5.84 Å². The summed E-state index contributed by atoms with van der Waals surface area (Å²) in [4.78, 5) is 19.9. The molecule has 0 aliphatic carbocycles. The van der Waals surface area contributed by atoms with Gasteiger partial charge in [0.2, 0.25) is 0 Å². The summed E-state index contributed by atoms with van der Waals surface area (Å²) in [6.45, 7) is 6.90. The summed E-state index contributed by atoms with van der Waals surface area (Å²) < 4.78 is 19.9. The quantitative estimate of drug-likeness (QED) is 0.256. The zero-order chi connectivity index (χ0) is 26.6. The number of aryl methyl sites for hydroxylation is 2. The van der Waals surface area contributed by atoms with Crippen LogP contribution in [0.4, 0.5) is 11.4 Å². The number of amides is 1. The Morgan fingerprint density at radius 2 is 1.86 bits per heavy atom. The molecule has 1 fully saturated rings. The second kappa shape index (κ2) is 11.3. The zero-order valence-electron chi connectivity index (χ0n) is 22.2. The molecule has 196 valence electrons. The smallest absolute Gasteiger partial charge is 0.253 e. The van der Waals surface area contributed by atoms with Crippen molar-refractivity contribution in [1.82, 2.24) is 9.47 Å². The lowest BCUT2D eigenvalue weighted by atomic mass is 10.1. The van der Waals surface area contributed by atoms with Crippen molar-refractivity contribution < 1.29 is 14.1 Å². The number of ether oxygens (including phenoxy) is 1.